The summed E-state index contributed by atoms with van der Waals surface area (Å²) in [6, 6.07) is 4.02. The number of carbonyl (C=O) groups is 1. The summed E-state index contributed by atoms with van der Waals surface area (Å²) in [6.45, 7) is 12.1. The molecule has 22 heavy (non-hydrogen) atoms. The van der Waals surface area contributed by atoms with Crippen molar-refractivity contribution in [2.45, 2.75) is 53.4 Å². The molecule has 0 radical (unpaired) electrons. The molecule has 0 fully saturated rings. The largest absolute Gasteiger partial charge is 0.469 e. The summed E-state index contributed by atoms with van der Waals surface area (Å²) in [7, 11) is 0. The number of ketones is 1. The second-order valence-electron chi connectivity index (χ2n) is 6.61. The van der Waals surface area contributed by atoms with Crippen molar-refractivity contribution in [2.75, 3.05) is 0 Å². The zero-order valence-electron chi connectivity index (χ0n) is 14.3. The Morgan fingerprint density at radius 3 is 1.45 bits per heavy atom. The smallest absolute Gasteiger partial charge is 0.139 e. The molecule has 0 aliphatic carbocycles. The highest BCUT2D eigenvalue weighted by Gasteiger charge is 2.31. The molecule has 3 nitrogen and oxygen atoms in total. The van der Waals surface area contributed by atoms with Gasteiger partial charge in [0.25, 0.3) is 0 Å². The van der Waals surface area contributed by atoms with Crippen molar-refractivity contribution in [2.24, 2.45) is 11.8 Å². The third-order valence-corrected chi connectivity index (χ3v) is 4.80. The van der Waals surface area contributed by atoms with Crippen LogP contribution in [0.4, 0.5) is 0 Å². The Morgan fingerprint density at radius 2 is 1.18 bits per heavy atom. The van der Waals surface area contributed by atoms with E-state index < -0.39 is 0 Å². The van der Waals surface area contributed by atoms with E-state index in [1.807, 2.05) is 39.8 Å². The monoisotopic (exact) mass is 302 g/mol. The standard InChI is InChI=1S/C19H26O3/c1-11-7-17(21-9-11)13(3)15(5)19(20)16(6)14(4)18-8-12(2)10-22-18/h7-10,13-16H,1-6H3. The van der Waals surface area contributed by atoms with Crippen LogP contribution in [0.25, 0.3) is 0 Å². The maximum atomic E-state index is 12.8. The molecular weight excluding hydrogens is 276 g/mol. The van der Waals surface area contributed by atoms with Gasteiger partial charge in [0.15, 0.2) is 0 Å². The molecule has 0 saturated carbocycles. The van der Waals surface area contributed by atoms with Crippen molar-refractivity contribution < 1.29 is 13.6 Å². The Bertz CT molecular complexity index is 580. The van der Waals surface area contributed by atoms with Gasteiger partial charge < -0.3 is 8.83 Å². The van der Waals surface area contributed by atoms with Crippen LogP contribution in [0.1, 0.15) is 62.2 Å². The number of furan rings is 2. The van der Waals surface area contributed by atoms with E-state index >= 15 is 0 Å². The lowest BCUT2D eigenvalue weighted by atomic mass is 9.79. The Labute approximate surface area is 132 Å². The van der Waals surface area contributed by atoms with E-state index in [0.717, 1.165) is 22.6 Å². The third kappa shape index (κ3) is 3.34. The first-order chi connectivity index (χ1) is 10.3. The lowest BCUT2D eigenvalue weighted by Crippen LogP contribution is -2.26. The van der Waals surface area contributed by atoms with Crippen molar-refractivity contribution in [3.63, 3.8) is 0 Å². The van der Waals surface area contributed by atoms with Gasteiger partial charge >= 0.3 is 0 Å². The molecule has 3 heteroatoms. The van der Waals surface area contributed by atoms with Gasteiger partial charge in [-0.25, -0.2) is 0 Å². The zero-order chi connectivity index (χ0) is 16.4. The molecule has 2 aromatic heterocycles. The molecule has 4 unspecified atom stereocenters. The first-order valence-corrected chi connectivity index (χ1v) is 7.95. The van der Waals surface area contributed by atoms with Gasteiger partial charge in [0, 0.05) is 23.7 Å². The second kappa shape index (κ2) is 6.55. The molecule has 120 valence electrons. The highest BCUT2D eigenvalue weighted by atomic mass is 16.3. The van der Waals surface area contributed by atoms with E-state index in [-0.39, 0.29) is 29.5 Å². The SMILES string of the molecule is Cc1coc(C(C)C(C)C(=O)C(C)C(C)c2cc(C)co2)c1. The molecule has 0 N–H and O–H groups in total. The van der Waals surface area contributed by atoms with Crippen LogP contribution >= 0.6 is 0 Å². The molecule has 0 saturated heterocycles. The van der Waals surface area contributed by atoms with Gasteiger partial charge in [-0.3, -0.25) is 4.79 Å². The van der Waals surface area contributed by atoms with Crippen LogP contribution < -0.4 is 0 Å². The predicted octanol–water partition coefficient (Wildman–Crippen LogP) is 5.24. The van der Waals surface area contributed by atoms with Gasteiger partial charge in [-0.15, -0.1) is 0 Å². The molecular formula is C19H26O3. The summed E-state index contributed by atoms with van der Waals surface area (Å²) in [6.07, 6.45) is 3.47. The molecule has 2 aromatic rings. The number of hydrogen-bond acceptors (Lipinski definition) is 3. The van der Waals surface area contributed by atoms with Crippen LogP contribution in [0.5, 0.6) is 0 Å². The third-order valence-electron chi connectivity index (χ3n) is 4.80. The van der Waals surface area contributed by atoms with E-state index in [4.69, 9.17) is 8.83 Å². The number of Topliss-reactive ketones (excluding diaryl/α,β-unsaturated/α-hetero) is 1. The molecule has 0 aromatic carbocycles. The van der Waals surface area contributed by atoms with Crippen LogP contribution in [0, 0.1) is 25.7 Å². The highest BCUT2D eigenvalue weighted by molar-refractivity contribution is 5.84. The van der Waals surface area contributed by atoms with Crippen molar-refractivity contribution in [1.82, 2.24) is 0 Å². The van der Waals surface area contributed by atoms with E-state index in [0.29, 0.717) is 0 Å². The maximum absolute atomic E-state index is 12.8. The van der Waals surface area contributed by atoms with Crippen molar-refractivity contribution >= 4 is 5.78 Å². The van der Waals surface area contributed by atoms with Gasteiger partial charge in [0.05, 0.1) is 12.5 Å². The second-order valence-corrected chi connectivity index (χ2v) is 6.61. The molecule has 4 atom stereocenters. The number of hydrogen-bond donors (Lipinski definition) is 0. The molecule has 0 aliphatic heterocycles. The minimum atomic E-state index is -0.0842. The summed E-state index contributed by atoms with van der Waals surface area (Å²) in [5.41, 5.74) is 2.18. The summed E-state index contributed by atoms with van der Waals surface area (Å²) >= 11 is 0. The van der Waals surface area contributed by atoms with Crippen molar-refractivity contribution in [3.05, 3.63) is 47.3 Å². The van der Waals surface area contributed by atoms with E-state index in [2.05, 4.69) is 13.8 Å². The van der Waals surface area contributed by atoms with Gasteiger partial charge in [-0.05, 0) is 37.1 Å². The fraction of sp³-hybridized carbons (Fsp3) is 0.526. The Kier molecular flexibility index (Phi) is 4.94. The summed E-state index contributed by atoms with van der Waals surface area (Å²) in [5.74, 6) is 2.00. The van der Waals surface area contributed by atoms with Crippen LogP contribution in [0.3, 0.4) is 0 Å². The first kappa shape index (κ1) is 16.6. The minimum absolute atomic E-state index is 0.0780. The first-order valence-electron chi connectivity index (χ1n) is 7.95. The Morgan fingerprint density at radius 1 is 0.818 bits per heavy atom. The average Bonchev–Trinajstić information content (AvgIpc) is 3.12. The highest BCUT2D eigenvalue weighted by Crippen LogP contribution is 2.33. The Balaban J connectivity index is 2.09. The summed E-state index contributed by atoms with van der Waals surface area (Å²) < 4.78 is 11.1. The quantitative estimate of drug-likeness (QED) is 0.733. The van der Waals surface area contributed by atoms with Gasteiger partial charge in [0.1, 0.15) is 17.3 Å². The molecule has 2 heterocycles. The molecule has 2 rings (SSSR count). The molecule has 0 amide bonds. The minimum Gasteiger partial charge on any atom is -0.469 e. The number of rotatable bonds is 6. The average molecular weight is 302 g/mol. The van der Waals surface area contributed by atoms with Crippen molar-refractivity contribution in [1.29, 1.82) is 0 Å². The van der Waals surface area contributed by atoms with Gasteiger partial charge in [-0.2, -0.15) is 0 Å². The van der Waals surface area contributed by atoms with E-state index in [9.17, 15) is 4.79 Å². The topological polar surface area (TPSA) is 43.4 Å². The van der Waals surface area contributed by atoms with Crippen molar-refractivity contribution in [3.8, 4) is 0 Å². The fourth-order valence-corrected chi connectivity index (χ4v) is 2.78. The predicted molar refractivity (Wildman–Crippen MR) is 87.1 cm³/mol. The fourth-order valence-electron chi connectivity index (χ4n) is 2.78. The summed E-state index contributed by atoms with van der Waals surface area (Å²) in [5, 5.41) is 0. The van der Waals surface area contributed by atoms with E-state index in [1.165, 1.54) is 0 Å². The lowest BCUT2D eigenvalue weighted by Gasteiger charge is -2.23. The van der Waals surface area contributed by atoms with Gasteiger partial charge in [0.2, 0.25) is 0 Å². The van der Waals surface area contributed by atoms with Gasteiger partial charge in [-0.1, -0.05) is 27.7 Å². The normalized spacial score (nSPS) is 17.0. The molecule has 0 bridgehead atoms. The molecule has 0 aliphatic rings. The van der Waals surface area contributed by atoms with Crippen LogP contribution in [0.15, 0.2) is 33.5 Å². The van der Waals surface area contributed by atoms with Crippen LogP contribution in [-0.2, 0) is 4.79 Å². The maximum Gasteiger partial charge on any atom is 0.139 e. The molecule has 0 spiro atoms. The summed E-state index contributed by atoms with van der Waals surface area (Å²) in [4.78, 5) is 12.8. The lowest BCUT2D eigenvalue weighted by molar-refractivity contribution is -0.127. The van der Waals surface area contributed by atoms with Crippen LogP contribution in [0.2, 0.25) is 0 Å². The number of aryl methyl sites for hydroxylation is 2. The number of carbonyl (C=O) groups excluding carboxylic acids is 1. The zero-order valence-corrected chi connectivity index (χ0v) is 14.3. The van der Waals surface area contributed by atoms with Crippen LogP contribution in [-0.4, -0.2) is 5.78 Å². The Hall–Kier alpha value is -1.77. The van der Waals surface area contributed by atoms with E-state index in [1.54, 1.807) is 12.5 Å².